The van der Waals surface area contributed by atoms with Crippen LogP contribution in [0.2, 0.25) is 0 Å². The maximum atomic E-state index is 3.85. The van der Waals surface area contributed by atoms with Crippen molar-refractivity contribution in [2.24, 2.45) is 5.92 Å². The first-order valence-corrected chi connectivity index (χ1v) is 4.64. The lowest BCUT2D eigenvalue weighted by Crippen LogP contribution is -2.24. The van der Waals surface area contributed by atoms with Crippen LogP contribution in [0.4, 0.5) is 0 Å². The number of hydrogen-bond acceptors (Lipinski definition) is 1. The van der Waals surface area contributed by atoms with Crippen molar-refractivity contribution in [2.75, 3.05) is 13.1 Å². The molecular formula is C8H12BrN. The monoisotopic (exact) mass is 201 g/mol. The van der Waals surface area contributed by atoms with Gasteiger partial charge in [0, 0.05) is 17.1 Å². The minimum atomic E-state index is 0.925. The van der Waals surface area contributed by atoms with Crippen LogP contribution >= 0.6 is 15.9 Å². The Morgan fingerprint density at radius 1 is 1.70 bits per heavy atom. The largest absolute Gasteiger partial charge is 0.295 e. The number of halogens is 1. The van der Waals surface area contributed by atoms with E-state index in [1.165, 1.54) is 19.4 Å². The predicted octanol–water partition coefficient (Wildman–Crippen LogP) is 1.99. The van der Waals surface area contributed by atoms with E-state index in [1.807, 2.05) is 0 Å². The van der Waals surface area contributed by atoms with Crippen LogP contribution in [0.15, 0.2) is 11.1 Å². The van der Waals surface area contributed by atoms with Gasteiger partial charge in [-0.2, -0.15) is 0 Å². The molecule has 2 aliphatic rings. The molecule has 10 heavy (non-hydrogen) atoms. The zero-order valence-corrected chi connectivity index (χ0v) is 7.60. The van der Waals surface area contributed by atoms with E-state index in [0.29, 0.717) is 0 Å². The van der Waals surface area contributed by atoms with Crippen molar-refractivity contribution >= 4 is 15.9 Å². The molecule has 1 saturated carbocycles. The fourth-order valence-electron chi connectivity index (χ4n) is 1.90. The van der Waals surface area contributed by atoms with Crippen molar-refractivity contribution in [3.05, 3.63) is 11.1 Å². The second-order valence-corrected chi connectivity index (χ2v) is 4.46. The normalized spacial score (nSPS) is 37.7. The lowest BCUT2D eigenvalue weighted by molar-refractivity contribution is 0.332. The highest BCUT2D eigenvalue weighted by molar-refractivity contribution is 9.11. The molecule has 1 aliphatic carbocycles. The lowest BCUT2D eigenvalue weighted by Gasteiger charge is -2.15. The first kappa shape index (κ1) is 6.86. The number of piperidine rings is 1. The Bertz CT molecular complexity index is 167. The summed E-state index contributed by atoms with van der Waals surface area (Å²) in [5, 5.41) is 0. The van der Waals surface area contributed by atoms with E-state index in [9.17, 15) is 0 Å². The zero-order chi connectivity index (χ0) is 7.14. The Morgan fingerprint density at radius 3 is 2.90 bits per heavy atom. The minimum Gasteiger partial charge on any atom is -0.295 e. The highest BCUT2D eigenvalue weighted by atomic mass is 79.9. The van der Waals surface area contributed by atoms with Crippen LogP contribution in [-0.4, -0.2) is 24.0 Å². The summed E-state index contributed by atoms with van der Waals surface area (Å²) in [5.74, 6) is 1.05. The average molecular weight is 202 g/mol. The summed E-state index contributed by atoms with van der Waals surface area (Å²) in [5.41, 5.74) is 0. The minimum absolute atomic E-state index is 0.925. The molecule has 0 radical (unpaired) electrons. The van der Waals surface area contributed by atoms with Gasteiger partial charge in [0.2, 0.25) is 0 Å². The maximum absolute atomic E-state index is 3.85. The maximum Gasteiger partial charge on any atom is 0.0296 e. The third-order valence-electron chi connectivity index (χ3n) is 2.52. The standard InChI is InChI=1S/C8H12BrN/c1-6(9)5-10-3-2-7-4-8(7)10/h7-8H,1-5H2. The van der Waals surface area contributed by atoms with Crippen LogP contribution in [0.5, 0.6) is 0 Å². The molecule has 2 fully saturated rings. The summed E-state index contributed by atoms with van der Waals surface area (Å²) in [6.45, 7) is 6.19. The highest BCUT2D eigenvalue weighted by Crippen LogP contribution is 2.44. The van der Waals surface area contributed by atoms with Gasteiger partial charge < -0.3 is 0 Å². The molecule has 1 saturated heterocycles. The van der Waals surface area contributed by atoms with E-state index < -0.39 is 0 Å². The molecular weight excluding hydrogens is 190 g/mol. The Hall–Kier alpha value is 0.180. The number of fused-ring (bicyclic) bond motifs is 1. The highest BCUT2D eigenvalue weighted by Gasteiger charge is 2.46. The second-order valence-electron chi connectivity index (χ2n) is 3.34. The molecule has 1 nitrogen and oxygen atoms in total. The molecule has 1 aliphatic heterocycles. The molecule has 2 rings (SSSR count). The molecule has 0 bridgehead atoms. The molecule has 2 heteroatoms. The van der Waals surface area contributed by atoms with Crippen molar-refractivity contribution in [2.45, 2.75) is 18.9 Å². The molecule has 56 valence electrons. The van der Waals surface area contributed by atoms with Gasteiger partial charge in [0.15, 0.2) is 0 Å². The van der Waals surface area contributed by atoms with Gasteiger partial charge in [-0.3, -0.25) is 4.90 Å². The van der Waals surface area contributed by atoms with Crippen molar-refractivity contribution in [1.82, 2.24) is 4.90 Å². The number of rotatable bonds is 2. The lowest BCUT2D eigenvalue weighted by atomic mass is 10.3. The van der Waals surface area contributed by atoms with E-state index in [0.717, 1.165) is 23.0 Å². The Balaban J connectivity index is 1.88. The average Bonchev–Trinajstić information content (AvgIpc) is 2.52. The first-order valence-electron chi connectivity index (χ1n) is 3.84. The van der Waals surface area contributed by atoms with Gasteiger partial charge >= 0.3 is 0 Å². The van der Waals surface area contributed by atoms with Crippen LogP contribution in [-0.2, 0) is 0 Å². The zero-order valence-electron chi connectivity index (χ0n) is 6.02. The fourth-order valence-corrected chi connectivity index (χ4v) is 2.23. The van der Waals surface area contributed by atoms with Crippen LogP contribution in [0.25, 0.3) is 0 Å². The molecule has 0 spiro atoms. The van der Waals surface area contributed by atoms with E-state index >= 15 is 0 Å². The predicted molar refractivity (Wildman–Crippen MR) is 46.2 cm³/mol. The van der Waals surface area contributed by atoms with Gasteiger partial charge in [-0.1, -0.05) is 22.5 Å². The van der Waals surface area contributed by atoms with Crippen LogP contribution in [0.3, 0.4) is 0 Å². The molecule has 0 amide bonds. The molecule has 0 aromatic carbocycles. The van der Waals surface area contributed by atoms with Crippen molar-refractivity contribution in [1.29, 1.82) is 0 Å². The quantitative estimate of drug-likeness (QED) is 0.661. The van der Waals surface area contributed by atoms with Crippen LogP contribution < -0.4 is 0 Å². The Morgan fingerprint density at radius 2 is 2.50 bits per heavy atom. The molecule has 2 unspecified atom stereocenters. The molecule has 2 atom stereocenters. The molecule has 1 heterocycles. The van der Waals surface area contributed by atoms with E-state index in [1.54, 1.807) is 0 Å². The van der Waals surface area contributed by atoms with Gasteiger partial charge in [-0.05, 0) is 25.3 Å². The van der Waals surface area contributed by atoms with Crippen LogP contribution in [0, 0.1) is 5.92 Å². The Labute approximate surface area is 70.2 Å². The summed E-state index contributed by atoms with van der Waals surface area (Å²) in [7, 11) is 0. The number of likely N-dealkylation sites (tertiary alicyclic amines) is 1. The third kappa shape index (κ3) is 1.15. The van der Waals surface area contributed by atoms with Gasteiger partial charge in [0.1, 0.15) is 0 Å². The van der Waals surface area contributed by atoms with Crippen molar-refractivity contribution in [3.63, 3.8) is 0 Å². The number of nitrogens with zero attached hydrogens (tertiary/aromatic N) is 1. The summed E-state index contributed by atoms with van der Waals surface area (Å²) in [6.07, 6.45) is 2.87. The smallest absolute Gasteiger partial charge is 0.0296 e. The fraction of sp³-hybridized carbons (Fsp3) is 0.750. The molecule has 0 aromatic rings. The second kappa shape index (κ2) is 2.35. The van der Waals surface area contributed by atoms with E-state index in [4.69, 9.17) is 0 Å². The summed E-state index contributed by atoms with van der Waals surface area (Å²) in [6, 6.07) is 0.925. The van der Waals surface area contributed by atoms with Crippen molar-refractivity contribution in [3.8, 4) is 0 Å². The molecule has 0 N–H and O–H groups in total. The van der Waals surface area contributed by atoms with E-state index in [2.05, 4.69) is 27.4 Å². The third-order valence-corrected chi connectivity index (χ3v) is 2.77. The summed E-state index contributed by atoms with van der Waals surface area (Å²) >= 11 is 3.39. The van der Waals surface area contributed by atoms with Gasteiger partial charge in [0.25, 0.3) is 0 Å². The molecule has 0 aromatic heterocycles. The summed E-state index contributed by atoms with van der Waals surface area (Å²) in [4.78, 5) is 2.53. The number of hydrogen-bond donors (Lipinski definition) is 0. The van der Waals surface area contributed by atoms with Gasteiger partial charge in [-0.15, -0.1) is 0 Å². The topological polar surface area (TPSA) is 3.24 Å². The van der Waals surface area contributed by atoms with Gasteiger partial charge in [0.05, 0.1) is 0 Å². The Kier molecular flexibility index (Phi) is 1.61. The van der Waals surface area contributed by atoms with E-state index in [-0.39, 0.29) is 0 Å². The van der Waals surface area contributed by atoms with Crippen molar-refractivity contribution < 1.29 is 0 Å². The SMILES string of the molecule is C=C(Br)CN1CCC2CC21. The first-order chi connectivity index (χ1) is 4.77. The summed E-state index contributed by atoms with van der Waals surface area (Å²) < 4.78 is 1.13. The van der Waals surface area contributed by atoms with Gasteiger partial charge in [-0.25, -0.2) is 0 Å². The van der Waals surface area contributed by atoms with Crippen LogP contribution in [0.1, 0.15) is 12.8 Å².